The fourth-order valence-corrected chi connectivity index (χ4v) is 14.6. The number of hydrogen-bond acceptors (Lipinski definition) is 4. The maximum absolute atomic E-state index is 14.5. The second-order valence-corrected chi connectivity index (χ2v) is 20.1. The lowest BCUT2D eigenvalue weighted by molar-refractivity contribution is -0.290. The summed E-state index contributed by atoms with van der Waals surface area (Å²) in [6.07, 6.45) is 4.31. The molecule has 4 nitrogen and oxygen atoms in total. The van der Waals surface area contributed by atoms with Gasteiger partial charge in [0, 0.05) is 0 Å². The summed E-state index contributed by atoms with van der Waals surface area (Å²) in [6.45, 7) is 11.2. The van der Waals surface area contributed by atoms with E-state index in [1.165, 1.54) is 0 Å². The second-order valence-electron chi connectivity index (χ2n) is 17.9. The van der Waals surface area contributed by atoms with Crippen molar-refractivity contribution in [1.29, 1.82) is 0 Å². The summed E-state index contributed by atoms with van der Waals surface area (Å²) in [5.74, 6) is 2.22. The molecule has 5 fully saturated rings. The molecule has 266 valence electrons. The third-order valence-electron chi connectivity index (χ3n) is 15.5. The first-order valence-electron chi connectivity index (χ1n) is 18.7. The van der Waals surface area contributed by atoms with Crippen LogP contribution in [-0.2, 0) is 9.84 Å². The van der Waals surface area contributed by atoms with Crippen LogP contribution >= 0.6 is 0 Å². The Kier molecular flexibility index (Phi) is 9.33. The van der Waals surface area contributed by atoms with Crippen LogP contribution in [-0.4, -0.2) is 41.3 Å². The summed E-state index contributed by atoms with van der Waals surface area (Å²) >= 11 is 0. The number of alkyl halides is 3. The van der Waals surface area contributed by atoms with Gasteiger partial charge in [0.25, 0.3) is 0 Å². The lowest BCUT2D eigenvalue weighted by Gasteiger charge is -2.62. The highest BCUT2D eigenvalue weighted by molar-refractivity contribution is 7.92. The van der Waals surface area contributed by atoms with Crippen molar-refractivity contribution in [3.8, 4) is 0 Å². The van der Waals surface area contributed by atoms with Gasteiger partial charge in [-0.2, -0.15) is 13.2 Å². The summed E-state index contributed by atoms with van der Waals surface area (Å²) in [6, 6.07) is 8.79. The lowest BCUT2D eigenvalue weighted by Crippen LogP contribution is -2.59. The first-order chi connectivity index (χ1) is 21.8. The summed E-state index contributed by atoms with van der Waals surface area (Å²) < 4.78 is 70.6. The Morgan fingerprint density at radius 1 is 0.809 bits per heavy atom. The van der Waals surface area contributed by atoms with Crippen molar-refractivity contribution < 1.29 is 31.8 Å². The molecule has 2 N–H and O–H groups in total. The van der Waals surface area contributed by atoms with E-state index in [-0.39, 0.29) is 47.8 Å². The molecular weight excluding hydrogens is 621 g/mol. The number of sulfone groups is 1. The molecular formula is C39H59F3O4S. The van der Waals surface area contributed by atoms with E-state index in [9.17, 15) is 31.8 Å². The Labute approximate surface area is 281 Å². The zero-order valence-corrected chi connectivity index (χ0v) is 30.1. The average Bonchev–Trinajstić information content (AvgIpc) is 3.37. The van der Waals surface area contributed by atoms with E-state index >= 15 is 0 Å². The van der Waals surface area contributed by atoms with Crippen LogP contribution < -0.4 is 0 Å². The number of rotatable bonds is 7. The van der Waals surface area contributed by atoms with E-state index in [4.69, 9.17) is 0 Å². The molecule has 0 radical (unpaired) electrons. The van der Waals surface area contributed by atoms with Gasteiger partial charge in [0.2, 0.25) is 0 Å². The fourth-order valence-electron chi connectivity index (χ4n) is 12.5. The third kappa shape index (κ3) is 6.04. The van der Waals surface area contributed by atoms with Gasteiger partial charge >= 0.3 is 6.18 Å². The Balaban J connectivity index is 1.25. The van der Waals surface area contributed by atoms with Gasteiger partial charge in [-0.25, -0.2) is 8.42 Å². The monoisotopic (exact) mass is 680 g/mol. The van der Waals surface area contributed by atoms with Crippen LogP contribution in [0.15, 0.2) is 35.2 Å². The van der Waals surface area contributed by atoms with E-state index in [0.29, 0.717) is 53.7 Å². The molecule has 0 saturated heterocycles. The first kappa shape index (κ1) is 35.7. The van der Waals surface area contributed by atoms with Crippen molar-refractivity contribution in [2.45, 2.75) is 152 Å². The maximum atomic E-state index is 14.5. The Morgan fingerprint density at radius 2 is 1.45 bits per heavy atom. The predicted molar refractivity (Wildman–Crippen MR) is 179 cm³/mol. The predicted octanol–water partition coefficient (Wildman–Crippen LogP) is 9.38. The van der Waals surface area contributed by atoms with E-state index in [2.05, 4.69) is 34.6 Å². The van der Waals surface area contributed by atoms with E-state index in [0.717, 1.165) is 51.4 Å². The zero-order chi connectivity index (χ0) is 34.2. The highest BCUT2D eigenvalue weighted by Gasteiger charge is 2.65. The molecule has 0 heterocycles. The molecule has 0 aliphatic heterocycles. The van der Waals surface area contributed by atoms with Crippen LogP contribution in [0.4, 0.5) is 13.2 Å². The molecule has 1 aromatic carbocycles. The third-order valence-corrected chi connectivity index (χ3v) is 17.8. The van der Waals surface area contributed by atoms with Gasteiger partial charge in [0.1, 0.15) is 0 Å². The highest BCUT2D eigenvalue weighted by atomic mass is 32.2. The van der Waals surface area contributed by atoms with Gasteiger partial charge in [-0.15, -0.1) is 0 Å². The topological polar surface area (TPSA) is 74.6 Å². The minimum atomic E-state index is -4.59. The van der Waals surface area contributed by atoms with Gasteiger partial charge in [0.15, 0.2) is 15.4 Å². The average molecular weight is 681 g/mol. The lowest BCUT2D eigenvalue weighted by atomic mass is 9.43. The van der Waals surface area contributed by atoms with Crippen molar-refractivity contribution in [1.82, 2.24) is 0 Å². The molecule has 0 bridgehead atoms. The Bertz CT molecular complexity index is 1370. The number of aliphatic hydroxyl groups is 2. The summed E-state index contributed by atoms with van der Waals surface area (Å²) in [5, 5.41) is 21.9. The van der Waals surface area contributed by atoms with E-state index in [1.807, 2.05) is 6.07 Å². The normalized spacial score (nSPS) is 43.9. The van der Waals surface area contributed by atoms with Crippen molar-refractivity contribution in [2.75, 3.05) is 0 Å². The van der Waals surface area contributed by atoms with Crippen LogP contribution in [0.1, 0.15) is 125 Å². The van der Waals surface area contributed by atoms with Crippen LogP contribution in [0.2, 0.25) is 0 Å². The summed E-state index contributed by atoms with van der Waals surface area (Å²) in [4.78, 5) is 0.335. The molecule has 10 atom stereocenters. The summed E-state index contributed by atoms with van der Waals surface area (Å²) in [5.41, 5.74) is -3.82. The molecule has 5 saturated carbocycles. The van der Waals surface area contributed by atoms with Crippen molar-refractivity contribution in [2.24, 2.45) is 58.2 Å². The molecule has 0 spiro atoms. The van der Waals surface area contributed by atoms with Crippen LogP contribution in [0.5, 0.6) is 0 Å². The highest BCUT2D eigenvalue weighted by Crippen LogP contribution is 2.69. The molecule has 5 aliphatic rings. The molecule has 6 rings (SSSR count). The molecule has 5 aliphatic carbocycles. The largest absolute Gasteiger partial charge is 0.417 e. The Hall–Kier alpha value is -1.12. The molecule has 2 unspecified atom stereocenters. The van der Waals surface area contributed by atoms with Gasteiger partial charge < -0.3 is 10.2 Å². The van der Waals surface area contributed by atoms with Crippen LogP contribution in [0, 0.1) is 58.2 Å². The quantitative estimate of drug-likeness (QED) is 0.301. The van der Waals surface area contributed by atoms with E-state index in [1.54, 1.807) is 24.3 Å². The minimum absolute atomic E-state index is 0.0481. The number of halogens is 3. The Morgan fingerprint density at radius 3 is 2.06 bits per heavy atom. The van der Waals surface area contributed by atoms with Crippen LogP contribution in [0.25, 0.3) is 0 Å². The molecule has 1 aromatic rings. The van der Waals surface area contributed by atoms with Gasteiger partial charge in [-0.3, -0.25) is 0 Å². The minimum Gasteiger partial charge on any atom is -0.390 e. The molecule has 0 amide bonds. The molecule has 8 heteroatoms. The van der Waals surface area contributed by atoms with Gasteiger partial charge in [-0.1, -0.05) is 52.8 Å². The first-order valence-corrected chi connectivity index (χ1v) is 20.2. The fraction of sp³-hybridized carbons (Fsp3) is 0.846. The second kappa shape index (κ2) is 12.3. The number of hydrogen-bond donors (Lipinski definition) is 2. The smallest absolute Gasteiger partial charge is 0.390 e. The van der Waals surface area contributed by atoms with Crippen molar-refractivity contribution >= 4 is 9.84 Å². The van der Waals surface area contributed by atoms with Gasteiger partial charge in [0.05, 0.1) is 15.7 Å². The molecule has 47 heavy (non-hydrogen) atoms. The number of fused-ring (bicyclic) bond motifs is 5. The maximum Gasteiger partial charge on any atom is 0.417 e. The zero-order valence-electron chi connectivity index (χ0n) is 29.2. The van der Waals surface area contributed by atoms with Crippen molar-refractivity contribution in [3.63, 3.8) is 0 Å². The summed E-state index contributed by atoms with van der Waals surface area (Å²) in [7, 11) is -3.72. The number of benzene rings is 1. The SMILES string of the molecule is CC(C)C1CCC(O)(CC([C@@H](C)C2CC[C@H]3[C@@H]4CC[C@H]5C[C@](O)(C(F)(F)F)CC[C@]5(C)[C@H]4CC[C@]23C)S(=O)(=O)c2ccccc2)CC1. The van der Waals surface area contributed by atoms with E-state index < -0.39 is 32.5 Å². The standard InChI is InChI=1S/C39H59F3O4S/c1-25(2)27-15-19-37(43,20-16-27)24-34(47(45,46)29-9-7-6-8-10-29)26(3)31-13-14-32-30-12-11-28-23-38(44,39(40,41)42)22-21-35(28,4)33(30)17-18-36(31,32)5/h6-10,25-28,30-34,43-44H,11-24H2,1-5H3/t26-,27?,28-,30-,31?,32-,33-,34?,35-,36+,37?,38-/m0/s1. The molecule has 0 aromatic heterocycles. The van der Waals surface area contributed by atoms with Crippen molar-refractivity contribution in [3.05, 3.63) is 30.3 Å². The van der Waals surface area contributed by atoms with Crippen LogP contribution in [0.3, 0.4) is 0 Å². The van der Waals surface area contributed by atoms with Gasteiger partial charge in [-0.05, 0) is 160 Å².